The van der Waals surface area contributed by atoms with Crippen LogP contribution in [-0.2, 0) is 9.53 Å². The highest BCUT2D eigenvalue weighted by Gasteiger charge is 2.46. The normalized spacial score (nSPS) is 24.3. The smallest absolute Gasteiger partial charge is 0.416 e. The van der Waals surface area contributed by atoms with Gasteiger partial charge in [0.1, 0.15) is 17.6 Å². The van der Waals surface area contributed by atoms with E-state index in [1.807, 2.05) is 18.3 Å². The van der Waals surface area contributed by atoms with Crippen molar-refractivity contribution in [3.63, 3.8) is 0 Å². The van der Waals surface area contributed by atoms with Crippen LogP contribution in [-0.4, -0.2) is 79.7 Å². The molecule has 0 radical (unpaired) electrons. The number of aliphatic imine (C=N–C) groups is 1. The monoisotopic (exact) mass is 493 g/mol. The molecule has 1 saturated carbocycles. The van der Waals surface area contributed by atoms with Gasteiger partial charge in [-0.05, 0) is 31.0 Å². The quantitative estimate of drug-likeness (QED) is 0.619. The Kier molecular flexibility index (Phi) is 5.80. The molecule has 5 heterocycles. The molecule has 1 aliphatic carbocycles. The molecular weight excluding hydrogens is 466 g/mol. The summed E-state index contributed by atoms with van der Waals surface area (Å²) in [5.41, 5.74) is 0.836. The molecule has 2 aromatic heterocycles. The second-order valence-electron chi connectivity index (χ2n) is 9.13. The number of pyridine rings is 2. The Morgan fingerprint density at radius 2 is 2.11 bits per heavy atom. The van der Waals surface area contributed by atoms with Crippen molar-refractivity contribution < 1.29 is 23.8 Å². The van der Waals surface area contributed by atoms with Gasteiger partial charge in [-0.1, -0.05) is 0 Å². The van der Waals surface area contributed by atoms with E-state index in [-0.39, 0.29) is 30.7 Å². The summed E-state index contributed by atoms with van der Waals surface area (Å²) in [6.07, 6.45) is 3.67. The van der Waals surface area contributed by atoms with Gasteiger partial charge in [0.15, 0.2) is 24.0 Å². The molecule has 1 saturated heterocycles. The summed E-state index contributed by atoms with van der Waals surface area (Å²) in [5, 5.41) is 6.31. The summed E-state index contributed by atoms with van der Waals surface area (Å²) in [6.45, 7) is 2.18. The van der Waals surface area contributed by atoms with Crippen molar-refractivity contribution in [2.45, 2.75) is 37.5 Å². The second-order valence-corrected chi connectivity index (χ2v) is 9.13. The van der Waals surface area contributed by atoms with Gasteiger partial charge in [-0.15, -0.1) is 0 Å². The summed E-state index contributed by atoms with van der Waals surface area (Å²) in [4.78, 5) is 41.6. The van der Waals surface area contributed by atoms with Gasteiger partial charge in [0, 0.05) is 37.8 Å². The largest absolute Gasteiger partial charge is 0.481 e. The molecule has 12 nitrogen and oxygen atoms in total. The van der Waals surface area contributed by atoms with Crippen molar-refractivity contribution in [2.75, 3.05) is 48.5 Å². The zero-order valence-electron chi connectivity index (χ0n) is 19.8. The lowest BCUT2D eigenvalue weighted by Gasteiger charge is -2.34. The Balaban J connectivity index is 1.06. The average molecular weight is 494 g/mol. The molecular formula is C24H27N7O5. The van der Waals surface area contributed by atoms with Crippen LogP contribution in [0, 0.1) is 0 Å². The third kappa shape index (κ3) is 4.17. The van der Waals surface area contributed by atoms with Crippen molar-refractivity contribution >= 4 is 41.4 Å². The number of nitrogens with one attached hydrogen (secondary N) is 2. The van der Waals surface area contributed by atoms with E-state index in [2.05, 4.69) is 30.5 Å². The Hall–Kier alpha value is -3.93. The Labute approximate surface area is 207 Å². The van der Waals surface area contributed by atoms with Crippen LogP contribution in [0.2, 0.25) is 0 Å². The number of hydrogen-bond donors (Lipinski definition) is 2. The molecule has 1 unspecified atom stereocenters. The molecule has 36 heavy (non-hydrogen) atoms. The number of fused-ring (bicyclic) bond motifs is 3. The topological polar surface area (TPSA) is 131 Å². The maximum Gasteiger partial charge on any atom is 0.416 e. The number of methoxy groups -OCH3 is 1. The molecule has 12 heteroatoms. The van der Waals surface area contributed by atoms with E-state index >= 15 is 0 Å². The highest BCUT2D eigenvalue weighted by molar-refractivity contribution is 5.95. The summed E-state index contributed by atoms with van der Waals surface area (Å²) in [7, 11) is 1.61. The third-order valence-corrected chi connectivity index (χ3v) is 6.93. The lowest BCUT2D eigenvalue weighted by molar-refractivity contribution is -0.118. The minimum absolute atomic E-state index is 0.0402. The number of carbonyl (C=O) groups excluding carboxylic acids is 2. The van der Waals surface area contributed by atoms with Gasteiger partial charge in [0.2, 0.25) is 5.88 Å². The van der Waals surface area contributed by atoms with Crippen molar-refractivity contribution in [3.8, 4) is 11.6 Å². The van der Waals surface area contributed by atoms with Crippen LogP contribution in [0.3, 0.4) is 0 Å². The van der Waals surface area contributed by atoms with Crippen LogP contribution in [0.25, 0.3) is 0 Å². The Bertz CT molecular complexity index is 1220. The maximum absolute atomic E-state index is 12.8. The van der Waals surface area contributed by atoms with Crippen LogP contribution < -0.4 is 29.9 Å². The molecule has 4 aliphatic rings. The molecule has 0 spiro atoms. The van der Waals surface area contributed by atoms with Gasteiger partial charge >= 0.3 is 6.09 Å². The summed E-state index contributed by atoms with van der Waals surface area (Å²) in [6, 6.07) is 7.32. The molecule has 2 N–H and O–H groups in total. The van der Waals surface area contributed by atoms with Crippen LogP contribution >= 0.6 is 0 Å². The zero-order chi connectivity index (χ0) is 24.6. The molecule has 2 aromatic rings. The predicted molar refractivity (Wildman–Crippen MR) is 132 cm³/mol. The van der Waals surface area contributed by atoms with Crippen LogP contribution in [0.5, 0.6) is 11.6 Å². The van der Waals surface area contributed by atoms with E-state index < -0.39 is 6.09 Å². The Morgan fingerprint density at radius 1 is 1.19 bits per heavy atom. The van der Waals surface area contributed by atoms with E-state index in [1.165, 1.54) is 0 Å². The number of rotatable bonds is 6. The number of nitrogens with zero attached hydrogens (tertiary/aromatic N) is 5. The van der Waals surface area contributed by atoms with Crippen molar-refractivity contribution in [1.29, 1.82) is 0 Å². The predicted octanol–water partition coefficient (Wildman–Crippen LogP) is 1.87. The summed E-state index contributed by atoms with van der Waals surface area (Å²) >= 11 is 0. The Morgan fingerprint density at radius 3 is 3.00 bits per heavy atom. The van der Waals surface area contributed by atoms with Crippen LogP contribution in [0.4, 0.5) is 27.9 Å². The highest BCUT2D eigenvalue weighted by Crippen LogP contribution is 2.37. The standard InChI is InChI=1S/C24H27N7O5/c1-34-21-7-3-15-23(29-21)30(11-9-26-15)10-8-25-14-2-4-16-18(12-14)36-24(33)31(16)19-6-5-17-22(27-19)28-20(32)13-35-17/h3,5-7,9,14,16,18,25H,2,4,8,10-13H2,1H3,(H,27,28,32)/t14-,16?,18-/m0/s1. The SMILES string of the molecule is COc1ccc2c(n1)N(CCN[C@H]1CCC3[C@H](C1)OC(=O)N3c1ccc3c(n1)NC(=O)CO3)CC=N2. The fraction of sp³-hybridized carbons (Fsp3) is 0.458. The lowest BCUT2D eigenvalue weighted by atomic mass is 9.88. The van der Waals surface area contributed by atoms with E-state index in [1.54, 1.807) is 24.1 Å². The van der Waals surface area contributed by atoms with Gasteiger partial charge in [0.05, 0.1) is 19.7 Å². The minimum Gasteiger partial charge on any atom is -0.481 e. The first-order valence-corrected chi connectivity index (χ1v) is 12.1. The molecule has 0 aromatic carbocycles. The fourth-order valence-electron chi connectivity index (χ4n) is 5.19. The molecule has 3 aliphatic heterocycles. The lowest BCUT2D eigenvalue weighted by Crippen LogP contribution is -2.47. The first-order valence-electron chi connectivity index (χ1n) is 12.1. The molecule has 188 valence electrons. The molecule has 2 amide bonds. The second kappa shape index (κ2) is 9.26. The van der Waals surface area contributed by atoms with Gasteiger partial charge in [0.25, 0.3) is 5.91 Å². The van der Waals surface area contributed by atoms with Crippen LogP contribution in [0.15, 0.2) is 29.3 Å². The van der Waals surface area contributed by atoms with Gasteiger partial charge in [-0.25, -0.2) is 9.78 Å². The zero-order valence-corrected chi connectivity index (χ0v) is 19.8. The first kappa shape index (κ1) is 22.5. The fourth-order valence-corrected chi connectivity index (χ4v) is 5.19. The average Bonchev–Trinajstić information content (AvgIpc) is 3.23. The molecule has 3 atom stereocenters. The van der Waals surface area contributed by atoms with E-state index in [4.69, 9.17) is 14.2 Å². The number of carbonyl (C=O) groups is 2. The van der Waals surface area contributed by atoms with Crippen molar-refractivity contribution in [1.82, 2.24) is 15.3 Å². The van der Waals surface area contributed by atoms with Gasteiger partial charge in [-0.3, -0.25) is 14.7 Å². The number of ether oxygens (including phenoxy) is 3. The van der Waals surface area contributed by atoms with E-state index in [0.29, 0.717) is 29.8 Å². The number of hydrogen-bond acceptors (Lipinski definition) is 10. The van der Waals surface area contributed by atoms with Gasteiger partial charge < -0.3 is 29.7 Å². The summed E-state index contributed by atoms with van der Waals surface area (Å²) < 4.78 is 16.4. The van der Waals surface area contributed by atoms with Gasteiger partial charge in [-0.2, -0.15) is 4.98 Å². The first-order chi connectivity index (χ1) is 17.6. The third-order valence-electron chi connectivity index (χ3n) is 6.93. The molecule has 6 rings (SSSR count). The number of amides is 2. The molecule has 2 fully saturated rings. The number of anilines is 3. The van der Waals surface area contributed by atoms with Crippen molar-refractivity contribution in [3.05, 3.63) is 24.3 Å². The minimum atomic E-state index is -0.412. The number of aromatic nitrogens is 2. The van der Waals surface area contributed by atoms with E-state index in [0.717, 1.165) is 43.9 Å². The molecule has 0 bridgehead atoms. The van der Waals surface area contributed by atoms with Crippen molar-refractivity contribution in [2.24, 2.45) is 4.99 Å². The summed E-state index contributed by atoms with van der Waals surface area (Å²) in [5.74, 6) is 2.39. The van der Waals surface area contributed by atoms with Crippen LogP contribution in [0.1, 0.15) is 19.3 Å². The highest BCUT2D eigenvalue weighted by atomic mass is 16.6. The maximum atomic E-state index is 12.8. The van der Waals surface area contributed by atoms with E-state index in [9.17, 15) is 9.59 Å².